The number of rotatable bonds is 5. The maximum Gasteiger partial charge on any atom is 0.246 e. The van der Waals surface area contributed by atoms with E-state index in [4.69, 9.17) is 27.9 Å². The van der Waals surface area contributed by atoms with Crippen molar-refractivity contribution in [1.82, 2.24) is 9.80 Å². The first-order valence-corrected chi connectivity index (χ1v) is 8.18. The molecule has 1 saturated heterocycles. The molecule has 0 bridgehead atoms. The van der Waals surface area contributed by atoms with E-state index in [9.17, 15) is 9.59 Å². The third-order valence-corrected chi connectivity index (χ3v) is 4.51. The van der Waals surface area contributed by atoms with Gasteiger partial charge in [0.25, 0.3) is 0 Å². The van der Waals surface area contributed by atoms with Crippen LogP contribution in [0.3, 0.4) is 0 Å². The van der Waals surface area contributed by atoms with Crippen molar-refractivity contribution in [1.29, 1.82) is 0 Å². The lowest BCUT2D eigenvalue weighted by atomic mass is 10.2. The van der Waals surface area contributed by atoms with Gasteiger partial charge in [-0.3, -0.25) is 9.59 Å². The van der Waals surface area contributed by atoms with Gasteiger partial charge >= 0.3 is 0 Å². The molecule has 0 saturated carbocycles. The molecule has 8 heteroatoms. The van der Waals surface area contributed by atoms with Crippen LogP contribution < -0.4 is 10.1 Å². The van der Waals surface area contributed by atoms with Crippen LogP contribution in [0.1, 0.15) is 0 Å². The molecule has 1 aliphatic heterocycles. The highest BCUT2D eigenvalue weighted by Gasteiger charge is 2.22. The standard InChI is InChI=1S/C16H19Cl2N3O3/c1-3-15(22)20-4-6-21(7-5-20)16(23)10-19-13-8-11(17)12(18)9-14(13)24-2/h3,8-9,19H,1,4-7,10H2,2H3. The van der Waals surface area contributed by atoms with Gasteiger partial charge in [-0.15, -0.1) is 0 Å². The second kappa shape index (κ2) is 8.26. The van der Waals surface area contributed by atoms with Gasteiger partial charge in [0.15, 0.2) is 0 Å². The van der Waals surface area contributed by atoms with E-state index in [-0.39, 0.29) is 18.4 Å². The van der Waals surface area contributed by atoms with E-state index in [1.54, 1.807) is 21.9 Å². The molecule has 2 amide bonds. The highest BCUT2D eigenvalue weighted by Crippen LogP contribution is 2.33. The van der Waals surface area contributed by atoms with Crippen molar-refractivity contribution in [2.75, 3.05) is 45.2 Å². The van der Waals surface area contributed by atoms with E-state index in [1.165, 1.54) is 13.2 Å². The van der Waals surface area contributed by atoms with Crippen LogP contribution in [0.25, 0.3) is 0 Å². The first-order chi connectivity index (χ1) is 11.5. The molecule has 0 atom stereocenters. The number of piperazine rings is 1. The SMILES string of the molecule is C=CC(=O)N1CCN(C(=O)CNc2cc(Cl)c(Cl)cc2OC)CC1. The van der Waals surface area contributed by atoms with Gasteiger partial charge < -0.3 is 19.9 Å². The number of methoxy groups -OCH3 is 1. The third kappa shape index (κ3) is 4.33. The second-order valence-electron chi connectivity index (χ2n) is 5.23. The Balaban J connectivity index is 1.91. The first kappa shape index (κ1) is 18.4. The number of nitrogens with one attached hydrogen (secondary N) is 1. The second-order valence-corrected chi connectivity index (χ2v) is 6.04. The topological polar surface area (TPSA) is 61.9 Å². The van der Waals surface area contributed by atoms with Crippen LogP contribution in [-0.2, 0) is 9.59 Å². The van der Waals surface area contributed by atoms with Crippen LogP contribution in [0.5, 0.6) is 5.75 Å². The quantitative estimate of drug-likeness (QED) is 0.806. The van der Waals surface area contributed by atoms with Crippen molar-refractivity contribution in [3.8, 4) is 5.75 Å². The van der Waals surface area contributed by atoms with Gasteiger partial charge in [0.05, 0.1) is 29.4 Å². The molecule has 1 N–H and O–H groups in total. The number of halogens is 2. The molecule has 1 aromatic rings. The van der Waals surface area contributed by atoms with Crippen molar-refractivity contribution >= 4 is 40.7 Å². The Hall–Kier alpha value is -1.92. The molecule has 1 heterocycles. The van der Waals surface area contributed by atoms with Crippen molar-refractivity contribution in [2.45, 2.75) is 0 Å². The summed E-state index contributed by atoms with van der Waals surface area (Å²) < 4.78 is 5.23. The van der Waals surface area contributed by atoms with Crippen LogP contribution in [0.2, 0.25) is 10.0 Å². The fraction of sp³-hybridized carbons (Fsp3) is 0.375. The summed E-state index contributed by atoms with van der Waals surface area (Å²) in [5, 5.41) is 3.78. The summed E-state index contributed by atoms with van der Waals surface area (Å²) in [5.41, 5.74) is 0.598. The van der Waals surface area contributed by atoms with E-state index in [2.05, 4.69) is 11.9 Å². The Morgan fingerprint density at radius 1 is 1.21 bits per heavy atom. The van der Waals surface area contributed by atoms with Crippen LogP contribution >= 0.6 is 23.2 Å². The van der Waals surface area contributed by atoms with Crippen LogP contribution in [-0.4, -0.2) is 61.4 Å². The molecule has 24 heavy (non-hydrogen) atoms. The lowest BCUT2D eigenvalue weighted by Gasteiger charge is -2.34. The Morgan fingerprint density at radius 3 is 2.38 bits per heavy atom. The molecule has 1 fully saturated rings. The highest BCUT2D eigenvalue weighted by molar-refractivity contribution is 6.42. The molecule has 1 aromatic carbocycles. The highest BCUT2D eigenvalue weighted by atomic mass is 35.5. The van der Waals surface area contributed by atoms with Crippen LogP contribution in [0.15, 0.2) is 24.8 Å². The summed E-state index contributed by atoms with van der Waals surface area (Å²) in [5.74, 6) is 0.341. The Kier molecular flexibility index (Phi) is 6.34. The summed E-state index contributed by atoms with van der Waals surface area (Å²) >= 11 is 11.9. The fourth-order valence-electron chi connectivity index (χ4n) is 2.42. The molecule has 2 rings (SSSR count). The maximum absolute atomic E-state index is 12.3. The van der Waals surface area contributed by atoms with Gasteiger partial charge in [0.2, 0.25) is 11.8 Å². The van der Waals surface area contributed by atoms with Crippen LogP contribution in [0, 0.1) is 0 Å². The summed E-state index contributed by atoms with van der Waals surface area (Å²) in [6.45, 7) is 5.58. The minimum Gasteiger partial charge on any atom is -0.495 e. The summed E-state index contributed by atoms with van der Waals surface area (Å²) in [6, 6.07) is 3.22. The molecule has 0 unspecified atom stereocenters. The number of benzene rings is 1. The predicted octanol–water partition coefficient (Wildman–Crippen LogP) is 2.27. The van der Waals surface area contributed by atoms with E-state index in [0.717, 1.165) is 0 Å². The normalized spacial score (nSPS) is 14.3. The lowest BCUT2D eigenvalue weighted by Crippen LogP contribution is -2.51. The average molecular weight is 372 g/mol. The number of amides is 2. The predicted molar refractivity (Wildman–Crippen MR) is 94.9 cm³/mol. The number of hydrogen-bond acceptors (Lipinski definition) is 4. The number of hydrogen-bond donors (Lipinski definition) is 1. The third-order valence-electron chi connectivity index (χ3n) is 3.79. The van der Waals surface area contributed by atoms with Crippen molar-refractivity contribution in [3.05, 3.63) is 34.8 Å². The van der Waals surface area contributed by atoms with E-state index in [1.807, 2.05) is 0 Å². The molecule has 6 nitrogen and oxygen atoms in total. The number of carbonyl (C=O) groups is 2. The van der Waals surface area contributed by atoms with Crippen molar-refractivity contribution in [2.24, 2.45) is 0 Å². The van der Waals surface area contributed by atoms with E-state index < -0.39 is 0 Å². The van der Waals surface area contributed by atoms with E-state index >= 15 is 0 Å². The fourth-order valence-corrected chi connectivity index (χ4v) is 2.74. The summed E-state index contributed by atoms with van der Waals surface area (Å²) in [6.07, 6.45) is 1.29. The largest absolute Gasteiger partial charge is 0.495 e. The van der Waals surface area contributed by atoms with Crippen molar-refractivity contribution < 1.29 is 14.3 Å². The maximum atomic E-state index is 12.3. The number of ether oxygens (including phenoxy) is 1. The molecule has 0 aromatic heterocycles. The number of anilines is 1. The van der Waals surface area contributed by atoms with Crippen LogP contribution in [0.4, 0.5) is 5.69 Å². The van der Waals surface area contributed by atoms with Gasteiger partial charge in [-0.05, 0) is 12.1 Å². The molecule has 0 spiro atoms. The minimum atomic E-state index is -0.110. The van der Waals surface area contributed by atoms with Gasteiger partial charge in [-0.2, -0.15) is 0 Å². The molecule has 0 radical (unpaired) electrons. The zero-order chi connectivity index (χ0) is 17.7. The summed E-state index contributed by atoms with van der Waals surface area (Å²) in [7, 11) is 1.52. The monoisotopic (exact) mass is 371 g/mol. The minimum absolute atomic E-state index is 0.0613. The van der Waals surface area contributed by atoms with Gasteiger partial charge in [-0.1, -0.05) is 29.8 Å². The average Bonchev–Trinajstić information content (AvgIpc) is 2.61. The smallest absolute Gasteiger partial charge is 0.246 e. The summed E-state index contributed by atoms with van der Waals surface area (Å²) in [4.78, 5) is 27.2. The van der Waals surface area contributed by atoms with Gasteiger partial charge in [0, 0.05) is 32.2 Å². The zero-order valence-electron chi connectivity index (χ0n) is 13.3. The molecule has 0 aliphatic carbocycles. The molecular formula is C16H19Cl2N3O3. The molecule has 130 valence electrons. The lowest BCUT2D eigenvalue weighted by molar-refractivity contribution is -0.135. The molecule has 1 aliphatic rings. The number of carbonyl (C=O) groups excluding carboxylic acids is 2. The zero-order valence-corrected chi connectivity index (χ0v) is 14.9. The molecular weight excluding hydrogens is 353 g/mol. The first-order valence-electron chi connectivity index (χ1n) is 7.42. The Labute approximate surface area is 150 Å². The number of nitrogens with zero attached hydrogens (tertiary/aromatic N) is 2. The Bertz CT molecular complexity index is 644. The van der Waals surface area contributed by atoms with E-state index in [0.29, 0.717) is 47.7 Å². The van der Waals surface area contributed by atoms with Gasteiger partial charge in [-0.25, -0.2) is 0 Å². The Morgan fingerprint density at radius 2 is 1.79 bits per heavy atom. The van der Waals surface area contributed by atoms with Gasteiger partial charge in [0.1, 0.15) is 5.75 Å². The van der Waals surface area contributed by atoms with Crippen molar-refractivity contribution in [3.63, 3.8) is 0 Å².